The number of unbranched alkanes of at least 4 members (excludes halogenated alkanes) is 6. The van der Waals surface area contributed by atoms with Gasteiger partial charge in [-0.2, -0.15) is 0 Å². The molecular formula is C13H29NO2S. The van der Waals surface area contributed by atoms with Crippen molar-refractivity contribution in [2.24, 2.45) is 5.73 Å². The van der Waals surface area contributed by atoms with Crippen LogP contribution < -0.4 is 5.73 Å². The Morgan fingerprint density at radius 1 is 0.941 bits per heavy atom. The van der Waals surface area contributed by atoms with Crippen LogP contribution in [0.25, 0.3) is 0 Å². The zero-order valence-electron chi connectivity index (χ0n) is 11.5. The number of hydrogen-bond acceptors (Lipinski definition) is 3. The van der Waals surface area contributed by atoms with Gasteiger partial charge in [0.1, 0.15) is 9.84 Å². The minimum Gasteiger partial charge on any atom is -0.328 e. The Kier molecular flexibility index (Phi) is 9.84. The highest BCUT2D eigenvalue weighted by molar-refractivity contribution is 7.90. The summed E-state index contributed by atoms with van der Waals surface area (Å²) in [4.78, 5) is 0. The van der Waals surface area contributed by atoms with Crippen molar-refractivity contribution < 1.29 is 8.42 Å². The van der Waals surface area contributed by atoms with E-state index in [1.54, 1.807) is 0 Å². The second-order valence-electron chi connectivity index (χ2n) is 5.09. The van der Waals surface area contributed by atoms with Crippen molar-refractivity contribution in [1.82, 2.24) is 0 Å². The normalized spacial score (nSPS) is 13.8. The lowest BCUT2D eigenvalue weighted by atomic mass is 10.0. The molecule has 1 atom stereocenters. The molecule has 0 saturated carbocycles. The topological polar surface area (TPSA) is 60.2 Å². The van der Waals surface area contributed by atoms with E-state index in [4.69, 9.17) is 5.73 Å². The summed E-state index contributed by atoms with van der Waals surface area (Å²) in [7, 11) is -2.84. The summed E-state index contributed by atoms with van der Waals surface area (Å²) in [5.74, 6) is 0.227. The highest BCUT2D eigenvalue weighted by Gasteiger charge is 2.07. The molecule has 0 saturated heterocycles. The smallest absolute Gasteiger partial charge is 0.147 e. The molecule has 0 rings (SSSR count). The van der Waals surface area contributed by atoms with Crippen LogP contribution >= 0.6 is 0 Å². The van der Waals surface area contributed by atoms with E-state index in [1.807, 2.05) is 0 Å². The molecule has 0 aliphatic carbocycles. The molecule has 0 aliphatic rings. The first-order valence-electron chi connectivity index (χ1n) is 6.89. The van der Waals surface area contributed by atoms with Gasteiger partial charge in [0.2, 0.25) is 0 Å². The fourth-order valence-corrected chi connectivity index (χ4v) is 2.60. The van der Waals surface area contributed by atoms with E-state index in [9.17, 15) is 8.42 Å². The van der Waals surface area contributed by atoms with Crippen molar-refractivity contribution in [2.75, 3.05) is 12.0 Å². The van der Waals surface area contributed by atoms with Crippen LogP contribution in [-0.2, 0) is 9.84 Å². The van der Waals surface area contributed by atoms with Crippen molar-refractivity contribution in [3.8, 4) is 0 Å². The molecule has 0 heterocycles. The van der Waals surface area contributed by atoms with Crippen LogP contribution in [0.5, 0.6) is 0 Å². The van der Waals surface area contributed by atoms with Crippen molar-refractivity contribution >= 4 is 9.84 Å². The van der Waals surface area contributed by atoms with Gasteiger partial charge in [-0.1, -0.05) is 51.9 Å². The van der Waals surface area contributed by atoms with Gasteiger partial charge in [0.25, 0.3) is 0 Å². The van der Waals surface area contributed by atoms with Crippen LogP contribution in [0.2, 0.25) is 0 Å². The lowest BCUT2D eigenvalue weighted by Crippen LogP contribution is -2.23. The van der Waals surface area contributed by atoms with Crippen LogP contribution in [0, 0.1) is 0 Å². The van der Waals surface area contributed by atoms with Crippen molar-refractivity contribution in [1.29, 1.82) is 0 Å². The Morgan fingerprint density at radius 2 is 1.47 bits per heavy atom. The minimum absolute atomic E-state index is 0.0559. The van der Waals surface area contributed by atoms with Crippen LogP contribution in [0.1, 0.15) is 64.7 Å². The monoisotopic (exact) mass is 263 g/mol. The third-order valence-electron chi connectivity index (χ3n) is 3.04. The quantitative estimate of drug-likeness (QED) is 0.583. The number of rotatable bonds is 11. The predicted octanol–water partition coefficient (Wildman–Crippen LogP) is 2.89. The van der Waals surface area contributed by atoms with Crippen LogP contribution in [0.4, 0.5) is 0 Å². The zero-order chi connectivity index (χ0) is 13.1. The van der Waals surface area contributed by atoms with E-state index in [0.717, 1.165) is 12.8 Å². The fourth-order valence-electron chi connectivity index (χ4n) is 1.87. The summed E-state index contributed by atoms with van der Waals surface area (Å²) in [6, 6.07) is 0.0559. The largest absolute Gasteiger partial charge is 0.328 e. The second kappa shape index (κ2) is 9.89. The van der Waals surface area contributed by atoms with E-state index < -0.39 is 9.84 Å². The van der Waals surface area contributed by atoms with Crippen LogP contribution in [-0.4, -0.2) is 26.5 Å². The highest BCUT2D eigenvalue weighted by atomic mass is 32.2. The molecule has 0 aliphatic heterocycles. The average Bonchev–Trinajstić information content (AvgIpc) is 2.24. The Hall–Kier alpha value is -0.0900. The average molecular weight is 263 g/mol. The molecule has 0 spiro atoms. The van der Waals surface area contributed by atoms with Crippen molar-refractivity contribution in [3.05, 3.63) is 0 Å². The Morgan fingerprint density at radius 3 is 2.00 bits per heavy atom. The van der Waals surface area contributed by atoms with Crippen molar-refractivity contribution in [3.63, 3.8) is 0 Å². The predicted molar refractivity (Wildman–Crippen MR) is 74.9 cm³/mol. The molecule has 4 heteroatoms. The van der Waals surface area contributed by atoms with Gasteiger partial charge >= 0.3 is 0 Å². The summed E-state index contributed by atoms with van der Waals surface area (Å²) in [6.07, 6.45) is 11.8. The van der Waals surface area contributed by atoms with E-state index in [-0.39, 0.29) is 11.8 Å². The molecule has 0 fully saturated rings. The zero-order valence-corrected chi connectivity index (χ0v) is 12.3. The molecule has 0 bridgehead atoms. The first-order valence-corrected chi connectivity index (χ1v) is 8.95. The fraction of sp³-hybridized carbons (Fsp3) is 1.00. The molecule has 0 radical (unpaired) electrons. The summed E-state index contributed by atoms with van der Waals surface area (Å²) in [6.45, 7) is 2.22. The third-order valence-corrected chi connectivity index (χ3v) is 4.02. The maximum atomic E-state index is 11.0. The molecule has 0 aromatic rings. The van der Waals surface area contributed by atoms with Crippen LogP contribution in [0.15, 0.2) is 0 Å². The Labute approximate surface area is 107 Å². The lowest BCUT2D eigenvalue weighted by molar-refractivity contribution is 0.519. The summed E-state index contributed by atoms with van der Waals surface area (Å²) >= 11 is 0. The van der Waals surface area contributed by atoms with Gasteiger partial charge in [0, 0.05) is 12.3 Å². The van der Waals surface area contributed by atoms with Gasteiger partial charge in [0.15, 0.2) is 0 Å². The summed E-state index contributed by atoms with van der Waals surface area (Å²) in [5, 5.41) is 0. The van der Waals surface area contributed by atoms with Gasteiger partial charge in [-0.3, -0.25) is 0 Å². The minimum atomic E-state index is -2.84. The first kappa shape index (κ1) is 16.9. The Bertz CT molecular complexity index is 263. The third kappa shape index (κ3) is 13.8. The lowest BCUT2D eigenvalue weighted by Gasteiger charge is -2.10. The van der Waals surface area contributed by atoms with E-state index in [1.165, 1.54) is 44.8 Å². The molecular weight excluding hydrogens is 234 g/mol. The van der Waals surface area contributed by atoms with Gasteiger partial charge in [-0.05, 0) is 12.8 Å². The highest BCUT2D eigenvalue weighted by Crippen LogP contribution is 2.10. The molecule has 17 heavy (non-hydrogen) atoms. The second-order valence-corrected chi connectivity index (χ2v) is 7.35. The molecule has 0 aromatic carbocycles. The van der Waals surface area contributed by atoms with Gasteiger partial charge < -0.3 is 5.73 Å². The van der Waals surface area contributed by atoms with Gasteiger partial charge in [-0.15, -0.1) is 0 Å². The number of sulfone groups is 1. The standard InChI is InChI=1S/C13H29NO2S/c1-3-4-5-6-7-8-9-10-13(14)11-12-17(2,15)16/h13H,3-12,14H2,1-2H3. The number of nitrogens with two attached hydrogens (primary N) is 1. The van der Waals surface area contributed by atoms with Crippen molar-refractivity contribution in [2.45, 2.75) is 70.8 Å². The molecule has 0 amide bonds. The maximum Gasteiger partial charge on any atom is 0.147 e. The molecule has 2 N–H and O–H groups in total. The first-order chi connectivity index (χ1) is 7.95. The van der Waals surface area contributed by atoms with Crippen LogP contribution in [0.3, 0.4) is 0 Å². The van der Waals surface area contributed by atoms with Gasteiger partial charge in [-0.25, -0.2) is 8.42 Å². The van der Waals surface area contributed by atoms with E-state index >= 15 is 0 Å². The maximum absolute atomic E-state index is 11.0. The van der Waals surface area contributed by atoms with E-state index in [2.05, 4.69) is 6.92 Å². The summed E-state index contributed by atoms with van der Waals surface area (Å²) in [5.41, 5.74) is 5.88. The Balaban J connectivity index is 3.30. The number of hydrogen-bond donors (Lipinski definition) is 1. The van der Waals surface area contributed by atoms with Gasteiger partial charge in [0.05, 0.1) is 5.75 Å². The molecule has 0 aromatic heterocycles. The SMILES string of the molecule is CCCCCCCCCC(N)CCS(C)(=O)=O. The molecule has 104 valence electrons. The molecule has 3 nitrogen and oxygen atoms in total. The van der Waals surface area contributed by atoms with E-state index in [0.29, 0.717) is 6.42 Å². The molecule has 1 unspecified atom stereocenters. The summed E-state index contributed by atoms with van der Waals surface area (Å²) < 4.78 is 21.9.